The second-order valence-electron chi connectivity index (χ2n) is 12.0. The number of alkyl halides is 3. The third-order valence-electron chi connectivity index (χ3n) is 7.19. The van der Waals surface area contributed by atoms with Gasteiger partial charge in [-0.3, -0.25) is 9.69 Å². The van der Waals surface area contributed by atoms with Crippen molar-refractivity contribution in [1.82, 2.24) is 15.5 Å². The molecule has 1 aliphatic rings. The molecular weight excluding hydrogens is 631 g/mol. The van der Waals surface area contributed by atoms with Crippen LogP contribution in [0.25, 0.3) is 0 Å². The van der Waals surface area contributed by atoms with E-state index in [4.69, 9.17) is 9.47 Å². The van der Waals surface area contributed by atoms with E-state index in [9.17, 15) is 37.6 Å². The lowest BCUT2D eigenvalue weighted by atomic mass is 9.92. The fraction of sp³-hybridized carbons (Fsp3) is 0.441. The summed E-state index contributed by atoms with van der Waals surface area (Å²) in [6.07, 6.45) is -3.39. The van der Waals surface area contributed by atoms with Gasteiger partial charge in [-0.2, -0.15) is 18.4 Å². The molecule has 48 heavy (non-hydrogen) atoms. The van der Waals surface area contributed by atoms with Crippen LogP contribution in [0, 0.1) is 11.3 Å². The Balaban J connectivity index is 1.88. The van der Waals surface area contributed by atoms with Gasteiger partial charge in [0.25, 0.3) is 0 Å². The lowest BCUT2D eigenvalue weighted by Crippen LogP contribution is -2.53. The van der Waals surface area contributed by atoms with Crippen LogP contribution in [0.3, 0.4) is 0 Å². The topological polar surface area (TPSA) is 141 Å². The van der Waals surface area contributed by atoms with E-state index in [-0.39, 0.29) is 30.1 Å². The lowest BCUT2D eigenvalue weighted by molar-refractivity contribution is -0.140. The molecule has 4 amide bonds. The summed E-state index contributed by atoms with van der Waals surface area (Å²) >= 11 is 0. The highest BCUT2D eigenvalue weighted by atomic mass is 19.4. The first-order valence-corrected chi connectivity index (χ1v) is 15.5. The molecule has 2 aromatic carbocycles. The number of nitriles is 1. The van der Waals surface area contributed by atoms with Crippen molar-refractivity contribution in [3.63, 3.8) is 0 Å². The molecule has 0 saturated carbocycles. The Hall–Kier alpha value is -5.06. The average molecular weight is 672 g/mol. The van der Waals surface area contributed by atoms with E-state index >= 15 is 0 Å². The minimum atomic E-state index is -4.70. The summed E-state index contributed by atoms with van der Waals surface area (Å²) in [5.74, 6) is -1.39. The van der Waals surface area contributed by atoms with Gasteiger partial charge in [0, 0.05) is 18.8 Å². The SMILES string of the molecule is CCOC(=O)C1=C(C)N(c2cccc(C(F)(F)F)c2)C(=O)N(CC(=O)NCCCCCNC(=O)OC(C)(C)C)C1c1ccc(C#N)cc1. The molecular formula is C34H40F3N5O6. The van der Waals surface area contributed by atoms with Crippen molar-refractivity contribution >= 4 is 29.7 Å². The van der Waals surface area contributed by atoms with E-state index in [2.05, 4.69) is 10.6 Å². The molecule has 0 radical (unpaired) electrons. The Kier molecular flexibility index (Phi) is 12.6. The molecule has 2 aromatic rings. The number of urea groups is 1. The highest BCUT2D eigenvalue weighted by molar-refractivity contribution is 6.04. The number of alkyl carbamates (subject to hydrolysis) is 1. The first-order chi connectivity index (χ1) is 22.6. The van der Waals surface area contributed by atoms with Gasteiger partial charge >= 0.3 is 24.3 Å². The van der Waals surface area contributed by atoms with Crippen LogP contribution in [0.2, 0.25) is 0 Å². The monoisotopic (exact) mass is 671 g/mol. The summed E-state index contributed by atoms with van der Waals surface area (Å²) in [4.78, 5) is 54.7. The van der Waals surface area contributed by atoms with Crippen molar-refractivity contribution in [3.8, 4) is 6.07 Å². The normalized spacial score (nSPS) is 15.1. The molecule has 258 valence electrons. The number of halogens is 3. The van der Waals surface area contributed by atoms with Crippen molar-refractivity contribution in [2.75, 3.05) is 31.1 Å². The molecule has 0 aliphatic carbocycles. The number of anilines is 1. The van der Waals surface area contributed by atoms with Crippen LogP contribution in [-0.2, 0) is 25.2 Å². The Labute approximate surface area is 277 Å². The summed E-state index contributed by atoms with van der Waals surface area (Å²) < 4.78 is 51.4. The van der Waals surface area contributed by atoms with Crippen molar-refractivity contribution in [1.29, 1.82) is 5.26 Å². The Morgan fingerprint density at radius 1 is 0.979 bits per heavy atom. The zero-order valence-electron chi connectivity index (χ0n) is 27.6. The van der Waals surface area contributed by atoms with Crippen LogP contribution in [0.4, 0.5) is 28.4 Å². The molecule has 0 spiro atoms. The Morgan fingerprint density at radius 2 is 1.62 bits per heavy atom. The van der Waals surface area contributed by atoms with Gasteiger partial charge in [-0.15, -0.1) is 0 Å². The maximum atomic E-state index is 14.2. The minimum Gasteiger partial charge on any atom is -0.463 e. The number of rotatable bonds is 12. The number of allylic oxidation sites excluding steroid dienone is 1. The summed E-state index contributed by atoms with van der Waals surface area (Å²) in [6, 6.07) is 10.2. The fourth-order valence-electron chi connectivity index (χ4n) is 5.07. The molecule has 1 aliphatic heterocycles. The molecule has 0 fully saturated rings. The predicted molar refractivity (Wildman–Crippen MR) is 170 cm³/mol. The molecule has 0 saturated heterocycles. The van der Waals surface area contributed by atoms with Crippen LogP contribution in [0.5, 0.6) is 0 Å². The Morgan fingerprint density at radius 3 is 2.21 bits per heavy atom. The third kappa shape index (κ3) is 9.97. The van der Waals surface area contributed by atoms with Crippen molar-refractivity contribution in [2.45, 2.75) is 71.7 Å². The van der Waals surface area contributed by atoms with Crippen LogP contribution in [0.1, 0.15) is 76.6 Å². The van der Waals surface area contributed by atoms with Gasteiger partial charge < -0.3 is 25.0 Å². The summed E-state index contributed by atoms with van der Waals surface area (Å²) in [5.41, 5.74) is -1.09. The van der Waals surface area contributed by atoms with Crippen molar-refractivity contribution in [3.05, 3.63) is 76.5 Å². The van der Waals surface area contributed by atoms with E-state index in [0.717, 1.165) is 28.0 Å². The number of hydrogen-bond acceptors (Lipinski definition) is 7. The maximum absolute atomic E-state index is 14.2. The van der Waals surface area contributed by atoms with Gasteiger partial charge in [0.05, 0.1) is 41.1 Å². The number of ether oxygens (including phenoxy) is 2. The second-order valence-corrected chi connectivity index (χ2v) is 12.0. The lowest BCUT2D eigenvalue weighted by Gasteiger charge is -2.42. The zero-order valence-corrected chi connectivity index (χ0v) is 27.6. The summed E-state index contributed by atoms with van der Waals surface area (Å²) in [6.45, 7) is 8.34. The van der Waals surface area contributed by atoms with Crippen LogP contribution in [-0.4, -0.2) is 60.7 Å². The van der Waals surface area contributed by atoms with Crippen LogP contribution in [0.15, 0.2) is 59.8 Å². The summed E-state index contributed by atoms with van der Waals surface area (Å²) in [7, 11) is 0. The predicted octanol–water partition coefficient (Wildman–Crippen LogP) is 6.21. The molecule has 1 unspecified atom stereocenters. The maximum Gasteiger partial charge on any atom is 0.416 e. The van der Waals surface area contributed by atoms with Crippen LogP contribution < -0.4 is 15.5 Å². The van der Waals surface area contributed by atoms with Crippen molar-refractivity contribution < 1.29 is 41.8 Å². The quantitative estimate of drug-likeness (QED) is 0.202. The number of amides is 4. The van der Waals surface area contributed by atoms with E-state index in [0.29, 0.717) is 36.9 Å². The van der Waals surface area contributed by atoms with Gasteiger partial charge in [-0.05, 0) is 89.8 Å². The molecule has 1 heterocycles. The molecule has 14 heteroatoms. The second kappa shape index (κ2) is 16.2. The Bertz CT molecular complexity index is 1560. The van der Waals surface area contributed by atoms with Crippen LogP contribution >= 0.6 is 0 Å². The number of unbranched alkanes of at least 4 members (excludes halogenated alkanes) is 2. The molecule has 0 bridgehead atoms. The van der Waals surface area contributed by atoms with Gasteiger partial charge in [-0.25, -0.2) is 14.4 Å². The number of nitrogens with one attached hydrogen (secondary N) is 2. The number of benzene rings is 2. The largest absolute Gasteiger partial charge is 0.463 e. The van der Waals surface area contributed by atoms with Gasteiger partial charge in [0.15, 0.2) is 0 Å². The van der Waals surface area contributed by atoms with Gasteiger partial charge in [0.1, 0.15) is 12.1 Å². The number of esters is 1. The number of carbonyl (C=O) groups excluding carboxylic acids is 4. The van der Waals surface area contributed by atoms with E-state index in [1.54, 1.807) is 39.8 Å². The first kappa shape index (κ1) is 37.4. The minimum absolute atomic E-state index is 0.0268. The number of nitrogens with zero attached hydrogens (tertiary/aromatic N) is 3. The first-order valence-electron chi connectivity index (χ1n) is 15.5. The highest BCUT2D eigenvalue weighted by Gasteiger charge is 2.44. The van der Waals surface area contributed by atoms with E-state index in [1.807, 2.05) is 6.07 Å². The molecule has 11 nitrogen and oxygen atoms in total. The average Bonchev–Trinajstić information content (AvgIpc) is 3.00. The number of hydrogen-bond donors (Lipinski definition) is 2. The molecule has 0 aromatic heterocycles. The van der Waals surface area contributed by atoms with E-state index in [1.165, 1.54) is 25.1 Å². The third-order valence-corrected chi connectivity index (χ3v) is 7.19. The number of carbonyl (C=O) groups is 4. The van der Waals surface area contributed by atoms with Gasteiger partial charge in [0.2, 0.25) is 5.91 Å². The standard InChI is InChI=1S/C34H40F3N5O6/c1-6-47-30(44)28-22(2)42(26-12-10-11-25(19-26)34(35,36)37)32(46)41(29(28)24-15-13-23(20-38)14-16-24)21-27(43)39-17-8-7-9-18-40-31(45)48-33(3,4)5/h10-16,19,29H,6-9,17-18,21H2,1-5H3,(H,39,43)(H,40,45). The smallest absolute Gasteiger partial charge is 0.416 e. The fourth-order valence-corrected chi connectivity index (χ4v) is 5.07. The summed E-state index contributed by atoms with van der Waals surface area (Å²) in [5, 5.41) is 14.7. The highest BCUT2D eigenvalue weighted by Crippen LogP contribution is 2.41. The van der Waals surface area contributed by atoms with Gasteiger partial charge in [-0.1, -0.05) is 18.2 Å². The van der Waals surface area contributed by atoms with Crippen molar-refractivity contribution in [2.24, 2.45) is 0 Å². The van der Waals surface area contributed by atoms with E-state index < -0.39 is 53.9 Å². The molecule has 1 atom stereocenters. The molecule has 2 N–H and O–H groups in total. The zero-order chi connectivity index (χ0) is 35.6. The molecule has 3 rings (SSSR count).